The first-order chi connectivity index (χ1) is 9.56. The predicted molar refractivity (Wildman–Crippen MR) is 86.7 cm³/mol. The van der Waals surface area contributed by atoms with Crippen LogP contribution in [0, 0.1) is 6.92 Å². The Labute approximate surface area is 127 Å². The molecule has 1 aromatic carbocycles. The highest BCUT2D eigenvalue weighted by Gasteiger charge is 2.05. The molecule has 0 fully saturated rings. The van der Waals surface area contributed by atoms with E-state index in [0.717, 1.165) is 34.5 Å². The van der Waals surface area contributed by atoms with E-state index in [-0.39, 0.29) is 6.04 Å². The zero-order chi connectivity index (χ0) is 14.5. The fraction of sp³-hybridized carbons (Fsp3) is 0.333. The molecule has 0 bridgehead atoms. The van der Waals surface area contributed by atoms with Gasteiger partial charge in [0.05, 0.1) is 5.69 Å². The van der Waals surface area contributed by atoms with Gasteiger partial charge in [-0.2, -0.15) is 0 Å². The first kappa shape index (κ1) is 14.9. The summed E-state index contributed by atoms with van der Waals surface area (Å²) in [6.07, 6.45) is 0.911. The summed E-state index contributed by atoms with van der Waals surface area (Å²) in [6.45, 7) is 4.87. The fourth-order valence-corrected chi connectivity index (χ4v) is 2.23. The van der Waals surface area contributed by atoms with Gasteiger partial charge >= 0.3 is 0 Å². The summed E-state index contributed by atoms with van der Waals surface area (Å²) in [6, 6.07) is 10.3. The number of nitrogens with one attached hydrogen (secondary N) is 1. The van der Waals surface area contributed by atoms with Crippen molar-refractivity contribution in [2.45, 2.75) is 26.3 Å². The Kier molecular flexibility index (Phi) is 5.09. The van der Waals surface area contributed by atoms with Gasteiger partial charge in [-0.1, -0.05) is 22.0 Å². The molecule has 0 spiro atoms. The molecule has 2 aromatic rings. The van der Waals surface area contributed by atoms with Gasteiger partial charge in [-0.3, -0.25) is 0 Å². The zero-order valence-electron chi connectivity index (χ0n) is 11.7. The van der Waals surface area contributed by atoms with Gasteiger partial charge in [0.1, 0.15) is 5.82 Å². The Morgan fingerprint density at radius 1 is 1.25 bits per heavy atom. The fourth-order valence-electron chi connectivity index (χ4n) is 1.87. The number of aromatic nitrogens is 2. The third-order valence-electron chi connectivity index (χ3n) is 3.05. The summed E-state index contributed by atoms with van der Waals surface area (Å²) in [4.78, 5) is 0. The average Bonchev–Trinajstić information content (AvgIpc) is 2.42. The van der Waals surface area contributed by atoms with Gasteiger partial charge in [-0.05, 0) is 50.1 Å². The second-order valence-corrected chi connectivity index (χ2v) is 5.87. The molecular weight excluding hydrogens is 316 g/mol. The van der Waals surface area contributed by atoms with Crippen LogP contribution in [-0.2, 0) is 0 Å². The molecule has 5 heteroatoms. The smallest absolute Gasteiger partial charge is 0.148 e. The number of rotatable bonds is 5. The van der Waals surface area contributed by atoms with Crippen molar-refractivity contribution >= 4 is 21.7 Å². The standard InChI is InChI=1S/C15H19BrN4/c1-10-3-4-12(16)9-13(10)14-5-6-15(20-19-14)18-8-7-11(2)17/h3-6,9,11H,7-8,17H2,1-2H3,(H,18,20). The molecule has 1 atom stereocenters. The van der Waals surface area contributed by atoms with E-state index in [1.165, 1.54) is 5.56 Å². The van der Waals surface area contributed by atoms with E-state index in [2.05, 4.69) is 50.5 Å². The van der Waals surface area contributed by atoms with Gasteiger partial charge in [-0.15, -0.1) is 10.2 Å². The molecule has 0 radical (unpaired) electrons. The Morgan fingerprint density at radius 2 is 2.05 bits per heavy atom. The first-order valence-corrected chi connectivity index (χ1v) is 7.45. The van der Waals surface area contributed by atoms with Crippen molar-refractivity contribution in [1.29, 1.82) is 0 Å². The van der Waals surface area contributed by atoms with Gasteiger partial charge in [0.2, 0.25) is 0 Å². The van der Waals surface area contributed by atoms with E-state index in [9.17, 15) is 0 Å². The number of nitrogens with zero attached hydrogens (tertiary/aromatic N) is 2. The van der Waals surface area contributed by atoms with E-state index in [1.54, 1.807) is 0 Å². The SMILES string of the molecule is Cc1ccc(Br)cc1-c1ccc(NCCC(C)N)nn1. The largest absolute Gasteiger partial charge is 0.369 e. The zero-order valence-corrected chi connectivity index (χ0v) is 13.3. The first-order valence-electron chi connectivity index (χ1n) is 6.66. The molecular formula is C15H19BrN4. The van der Waals surface area contributed by atoms with Crippen molar-refractivity contribution < 1.29 is 0 Å². The van der Waals surface area contributed by atoms with E-state index in [1.807, 2.05) is 25.1 Å². The maximum atomic E-state index is 5.71. The summed E-state index contributed by atoms with van der Waals surface area (Å²) in [7, 11) is 0. The number of hydrogen-bond donors (Lipinski definition) is 2. The van der Waals surface area contributed by atoms with Crippen LogP contribution in [0.25, 0.3) is 11.3 Å². The minimum absolute atomic E-state index is 0.194. The van der Waals surface area contributed by atoms with E-state index in [0.29, 0.717) is 0 Å². The molecule has 106 valence electrons. The molecule has 1 aromatic heterocycles. The van der Waals surface area contributed by atoms with Gasteiger partial charge in [0.15, 0.2) is 0 Å². The molecule has 0 amide bonds. The molecule has 0 saturated carbocycles. The molecule has 1 unspecified atom stereocenters. The molecule has 4 nitrogen and oxygen atoms in total. The van der Waals surface area contributed by atoms with Gasteiger partial charge < -0.3 is 11.1 Å². The lowest BCUT2D eigenvalue weighted by Gasteiger charge is -2.09. The quantitative estimate of drug-likeness (QED) is 0.879. The van der Waals surface area contributed by atoms with E-state index >= 15 is 0 Å². The Balaban J connectivity index is 2.09. The molecule has 0 aliphatic carbocycles. The molecule has 3 N–H and O–H groups in total. The summed E-state index contributed by atoms with van der Waals surface area (Å²) < 4.78 is 1.04. The van der Waals surface area contributed by atoms with Crippen LogP contribution in [0.5, 0.6) is 0 Å². The third kappa shape index (κ3) is 4.02. The highest BCUT2D eigenvalue weighted by molar-refractivity contribution is 9.10. The van der Waals surface area contributed by atoms with Crippen LogP contribution in [0.2, 0.25) is 0 Å². The molecule has 20 heavy (non-hydrogen) atoms. The average molecular weight is 335 g/mol. The van der Waals surface area contributed by atoms with Gasteiger partial charge in [0, 0.05) is 22.6 Å². The third-order valence-corrected chi connectivity index (χ3v) is 3.54. The lowest BCUT2D eigenvalue weighted by Crippen LogP contribution is -2.19. The highest BCUT2D eigenvalue weighted by Crippen LogP contribution is 2.25. The van der Waals surface area contributed by atoms with E-state index < -0.39 is 0 Å². The number of benzene rings is 1. The molecule has 0 saturated heterocycles. The van der Waals surface area contributed by atoms with Crippen molar-refractivity contribution in [1.82, 2.24) is 10.2 Å². The summed E-state index contributed by atoms with van der Waals surface area (Å²) in [5, 5.41) is 11.7. The van der Waals surface area contributed by atoms with Crippen LogP contribution in [0.4, 0.5) is 5.82 Å². The van der Waals surface area contributed by atoms with Crippen LogP contribution >= 0.6 is 15.9 Å². The lowest BCUT2D eigenvalue weighted by molar-refractivity contribution is 0.688. The summed E-state index contributed by atoms with van der Waals surface area (Å²) in [5.41, 5.74) is 8.86. The van der Waals surface area contributed by atoms with Crippen LogP contribution in [-0.4, -0.2) is 22.8 Å². The van der Waals surface area contributed by atoms with Crippen molar-refractivity contribution in [2.75, 3.05) is 11.9 Å². The van der Waals surface area contributed by atoms with Crippen molar-refractivity contribution in [3.8, 4) is 11.3 Å². The monoisotopic (exact) mass is 334 g/mol. The summed E-state index contributed by atoms with van der Waals surface area (Å²) in [5.74, 6) is 0.780. The van der Waals surface area contributed by atoms with Crippen LogP contribution in [0.1, 0.15) is 18.9 Å². The van der Waals surface area contributed by atoms with Crippen LogP contribution in [0.3, 0.4) is 0 Å². The molecule has 1 heterocycles. The number of hydrogen-bond acceptors (Lipinski definition) is 4. The number of halogens is 1. The Morgan fingerprint density at radius 3 is 2.70 bits per heavy atom. The summed E-state index contributed by atoms with van der Waals surface area (Å²) >= 11 is 3.48. The second kappa shape index (κ2) is 6.81. The molecule has 0 aliphatic heterocycles. The van der Waals surface area contributed by atoms with Crippen LogP contribution in [0.15, 0.2) is 34.8 Å². The van der Waals surface area contributed by atoms with Gasteiger partial charge in [0.25, 0.3) is 0 Å². The second-order valence-electron chi connectivity index (χ2n) is 4.96. The van der Waals surface area contributed by atoms with Crippen molar-refractivity contribution in [3.63, 3.8) is 0 Å². The normalized spacial score (nSPS) is 12.2. The van der Waals surface area contributed by atoms with Crippen molar-refractivity contribution in [2.24, 2.45) is 5.73 Å². The maximum Gasteiger partial charge on any atom is 0.148 e. The van der Waals surface area contributed by atoms with Crippen molar-refractivity contribution in [3.05, 3.63) is 40.4 Å². The number of anilines is 1. The Bertz CT molecular complexity index is 567. The Hall–Kier alpha value is -1.46. The topological polar surface area (TPSA) is 63.8 Å². The predicted octanol–water partition coefficient (Wildman–Crippen LogP) is 3.36. The number of nitrogens with two attached hydrogens (primary N) is 1. The van der Waals surface area contributed by atoms with E-state index in [4.69, 9.17) is 5.73 Å². The highest BCUT2D eigenvalue weighted by atomic mass is 79.9. The molecule has 2 rings (SSSR count). The van der Waals surface area contributed by atoms with Gasteiger partial charge in [-0.25, -0.2) is 0 Å². The lowest BCUT2D eigenvalue weighted by atomic mass is 10.1. The maximum absolute atomic E-state index is 5.71. The number of aryl methyl sites for hydroxylation is 1. The minimum Gasteiger partial charge on any atom is -0.369 e. The van der Waals surface area contributed by atoms with Crippen LogP contribution < -0.4 is 11.1 Å². The minimum atomic E-state index is 0.194. The molecule has 0 aliphatic rings.